The van der Waals surface area contributed by atoms with Crippen LogP contribution in [-0.4, -0.2) is 23.1 Å². The molecule has 0 heterocycles. The van der Waals surface area contributed by atoms with Crippen molar-refractivity contribution in [3.05, 3.63) is 0 Å². The Morgan fingerprint density at radius 3 is 2.25 bits per heavy atom. The Labute approximate surface area is 47.5 Å². The fraction of sp³-hybridized carbons (Fsp3) is 0.667. The second kappa shape index (κ2) is 3.46. The summed E-state index contributed by atoms with van der Waals surface area (Å²) < 4.78 is 0. The van der Waals surface area contributed by atoms with Gasteiger partial charge < -0.3 is 15.8 Å². The number of nitrogens with two attached hydrogens (primary N) is 1. The van der Waals surface area contributed by atoms with Crippen molar-refractivity contribution in [1.82, 2.24) is 0 Å². The second-order valence-electron chi connectivity index (χ2n) is 1.49. The molecule has 8 heavy (non-hydrogen) atoms. The van der Waals surface area contributed by atoms with Gasteiger partial charge in [-0.1, -0.05) is 0 Å². The highest BCUT2D eigenvalue weighted by Crippen LogP contribution is 1.88. The Bertz CT molecular complexity index is 84.6. The normalized spacial score (nSPS) is 8.75. The minimum atomic E-state index is -1.41. The Balaban J connectivity index is 3.05. The fourth-order valence-electron chi connectivity index (χ4n) is 0.271. The van der Waals surface area contributed by atoms with Gasteiger partial charge in [0.15, 0.2) is 0 Å². The monoisotopic (exact) mass is 117 g/mol. The summed E-state index contributed by atoms with van der Waals surface area (Å²) >= 11 is 0. The van der Waals surface area contributed by atoms with E-state index in [0.29, 0.717) is 0 Å². The lowest BCUT2D eigenvalue weighted by atomic mass is 9.84. The van der Waals surface area contributed by atoms with Crippen LogP contribution in [0.3, 0.4) is 0 Å². The summed E-state index contributed by atoms with van der Waals surface area (Å²) in [5, 5.41) is 16.3. The molecular weight excluding hydrogens is 109 g/mol. The Morgan fingerprint density at radius 1 is 1.62 bits per heavy atom. The zero-order valence-electron chi connectivity index (χ0n) is 4.37. The third-order valence-electron chi connectivity index (χ3n) is 0.649. The lowest BCUT2D eigenvalue weighted by Crippen LogP contribution is -2.17. The average molecular weight is 117 g/mol. The molecule has 0 bridgehead atoms. The molecule has 46 valence electrons. The molecule has 0 fully saturated rings. The van der Waals surface area contributed by atoms with Gasteiger partial charge in [-0.15, -0.1) is 0 Å². The quantitative estimate of drug-likeness (QED) is 0.386. The van der Waals surface area contributed by atoms with E-state index in [1.807, 2.05) is 0 Å². The molecule has 0 spiro atoms. The molecule has 5 heteroatoms. The fourth-order valence-corrected chi connectivity index (χ4v) is 0.271. The largest absolute Gasteiger partial charge is 0.451 e. The van der Waals surface area contributed by atoms with Gasteiger partial charge in [-0.25, -0.2) is 0 Å². The minimum Gasteiger partial charge on any atom is -0.427 e. The van der Waals surface area contributed by atoms with E-state index in [1.54, 1.807) is 0 Å². The van der Waals surface area contributed by atoms with Crippen LogP contribution in [0.2, 0.25) is 6.32 Å². The van der Waals surface area contributed by atoms with E-state index >= 15 is 0 Å². The molecule has 4 N–H and O–H groups in total. The van der Waals surface area contributed by atoms with Crippen LogP contribution in [0.25, 0.3) is 0 Å². The van der Waals surface area contributed by atoms with Crippen molar-refractivity contribution in [1.29, 1.82) is 0 Å². The summed E-state index contributed by atoms with van der Waals surface area (Å²) in [6.45, 7) is 0. The van der Waals surface area contributed by atoms with Crippen molar-refractivity contribution < 1.29 is 14.8 Å². The van der Waals surface area contributed by atoms with Crippen LogP contribution in [0.4, 0.5) is 0 Å². The van der Waals surface area contributed by atoms with E-state index in [4.69, 9.17) is 10.0 Å². The molecule has 0 aromatic heterocycles. The highest BCUT2D eigenvalue weighted by atomic mass is 16.4. The number of rotatable bonds is 3. The molecule has 0 saturated heterocycles. The van der Waals surface area contributed by atoms with E-state index < -0.39 is 13.0 Å². The van der Waals surface area contributed by atoms with E-state index in [0.717, 1.165) is 0 Å². The van der Waals surface area contributed by atoms with E-state index in [-0.39, 0.29) is 12.7 Å². The van der Waals surface area contributed by atoms with Crippen LogP contribution < -0.4 is 5.73 Å². The topological polar surface area (TPSA) is 83.6 Å². The molecule has 0 rings (SSSR count). The van der Waals surface area contributed by atoms with Crippen molar-refractivity contribution in [3.63, 3.8) is 0 Å². The van der Waals surface area contributed by atoms with Crippen LogP contribution in [0.5, 0.6) is 0 Å². The summed E-state index contributed by atoms with van der Waals surface area (Å²) in [5.41, 5.74) is 4.68. The third kappa shape index (κ3) is 5.45. The van der Waals surface area contributed by atoms with Crippen molar-refractivity contribution in [3.8, 4) is 0 Å². The SMILES string of the molecule is NC(=O)CCB(O)O. The molecule has 0 radical (unpaired) electrons. The van der Waals surface area contributed by atoms with Gasteiger partial charge in [0.2, 0.25) is 5.91 Å². The lowest BCUT2D eigenvalue weighted by molar-refractivity contribution is -0.117. The predicted octanol–water partition coefficient (Wildman–Crippen LogP) is -1.67. The molecule has 0 aliphatic carbocycles. The summed E-state index contributed by atoms with van der Waals surface area (Å²) in [6, 6.07) is 0. The molecule has 0 unspecified atom stereocenters. The first-order valence-corrected chi connectivity index (χ1v) is 2.27. The van der Waals surface area contributed by atoms with Crippen molar-refractivity contribution in [2.24, 2.45) is 5.73 Å². The smallest absolute Gasteiger partial charge is 0.427 e. The molecule has 0 aromatic carbocycles. The van der Waals surface area contributed by atoms with Crippen molar-refractivity contribution in [2.45, 2.75) is 12.7 Å². The molecular formula is C3H8BNO3. The molecule has 0 saturated carbocycles. The van der Waals surface area contributed by atoms with Gasteiger partial charge in [0.25, 0.3) is 0 Å². The Hall–Kier alpha value is -0.545. The third-order valence-corrected chi connectivity index (χ3v) is 0.649. The zero-order valence-corrected chi connectivity index (χ0v) is 4.37. The summed E-state index contributed by atoms with van der Waals surface area (Å²) in [5.74, 6) is -0.516. The van der Waals surface area contributed by atoms with Gasteiger partial charge in [-0.05, 0) is 6.32 Å². The van der Waals surface area contributed by atoms with Crippen LogP contribution in [0.15, 0.2) is 0 Å². The second-order valence-corrected chi connectivity index (χ2v) is 1.49. The standard InChI is InChI=1S/C3H8BNO3/c5-3(6)1-2-4(7)8/h7-8H,1-2H2,(H2,5,6). The number of primary amides is 1. The van der Waals surface area contributed by atoms with Gasteiger partial charge in [0.05, 0.1) is 0 Å². The van der Waals surface area contributed by atoms with Crippen molar-refractivity contribution in [2.75, 3.05) is 0 Å². The number of hydrogen-bond acceptors (Lipinski definition) is 3. The summed E-state index contributed by atoms with van der Waals surface area (Å²) in [7, 11) is -1.41. The van der Waals surface area contributed by atoms with Gasteiger partial charge in [0.1, 0.15) is 0 Å². The number of hydrogen-bond donors (Lipinski definition) is 3. The maximum atomic E-state index is 9.90. The molecule has 0 atom stereocenters. The highest BCUT2D eigenvalue weighted by Gasteiger charge is 2.06. The van der Waals surface area contributed by atoms with Gasteiger partial charge in [-0.2, -0.15) is 0 Å². The number of carbonyl (C=O) groups excluding carboxylic acids is 1. The summed E-state index contributed by atoms with van der Waals surface area (Å²) in [6.07, 6.45) is 0.0486. The predicted molar refractivity (Wildman–Crippen MR) is 28.8 cm³/mol. The van der Waals surface area contributed by atoms with Crippen LogP contribution in [0, 0.1) is 0 Å². The van der Waals surface area contributed by atoms with Gasteiger partial charge in [-0.3, -0.25) is 4.79 Å². The van der Waals surface area contributed by atoms with Crippen LogP contribution in [0.1, 0.15) is 6.42 Å². The van der Waals surface area contributed by atoms with E-state index in [2.05, 4.69) is 5.73 Å². The summed E-state index contributed by atoms with van der Waals surface area (Å²) in [4.78, 5) is 9.90. The van der Waals surface area contributed by atoms with Crippen LogP contribution >= 0.6 is 0 Å². The van der Waals surface area contributed by atoms with Gasteiger partial charge in [0, 0.05) is 6.42 Å². The minimum absolute atomic E-state index is 0.0231. The highest BCUT2D eigenvalue weighted by molar-refractivity contribution is 6.41. The average Bonchev–Trinajstić information content (AvgIpc) is 1.61. The Kier molecular flexibility index (Phi) is 3.22. The molecule has 4 nitrogen and oxygen atoms in total. The Morgan fingerprint density at radius 2 is 2.12 bits per heavy atom. The van der Waals surface area contributed by atoms with E-state index in [9.17, 15) is 4.79 Å². The first-order chi connectivity index (χ1) is 3.63. The van der Waals surface area contributed by atoms with Crippen LogP contribution in [-0.2, 0) is 4.79 Å². The maximum absolute atomic E-state index is 9.90. The lowest BCUT2D eigenvalue weighted by Gasteiger charge is -1.91. The molecule has 0 aromatic rings. The zero-order chi connectivity index (χ0) is 6.57. The maximum Gasteiger partial charge on any atom is 0.451 e. The number of amides is 1. The van der Waals surface area contributed by atoms with Crippen molar-refractivity contribution >= 4 is 13.0 Å². The first-order valence-electron chi connectivity index (χ1n) is 2.27. The first kappa shape index (κ1) is 7.45. The number of carbonyl (C=O) groups is 1. The van der Waals surface area contributed by atoms with Gasteiger partial charge >= 0.3 is 7.12 Å². The molecule has 1 amide bonds. The van der Waals surface area contributed by atoms with E-state index in [1.165, 1.54) is 0 Å². The molecule has 0 aliphatic heterocycles. The molecule has 0 aliphatic rings.